The second-order valence-corrected chi connectivity index (χ2v) is 6.47. The standard InChI is InChI=1S/C12H12F3S.C2H4O2/c1-8(2)11-7-9-5-3-4-6-10(9)16(11)12(13,14)15;1-2(3)4/h3-8H,1-2H3;1H3,(H,3,4)/q+1;/p-1. The van der Waals surface area contributed by atoms with Crippen LogP contribution in [0.2, 0.25) is 0 Å². The highest BCUT2D eigenvalue weighted by Crippen LogP contribution is 2.52. The van der Waals surface area contributed by atoms with Crippen molar-refractivity contribution >= 4 is 26.5 Å². The van der Waals surface area contributed by atoms with E-state index >= 15 is 0 Å². The molecule has 0 saturated carbocycles. The van der Waals surface area contributed by atoms with Gasteiger partial charge in [-0.05, 0) is 19.1 Å². The first-order chi connectivity index (χ1) is 9.14. The minimum atomic E-state index is -4.16. The van der Waals surface area contributed by atoms with Crippen molar-refractivity contribution in [3.63, 3.8) is 0 Å². The number of hydrogen-bond donors (Lipinski definition) is 0. The second kappa shape index (κ2) is 6.26. The summed E-state index contributed by atoms with van der Waals surface area (Å²) < 4.78 is 39.5. The van der Waals surface area contributed by atoms with E-state index in [-0.39, 0.29) is 5.92 Å². The molecule has 0 radical (unpaired) electrons. The zero-order chi connectivity index (χ0) is 15.5. The lowest BCUT2D eigenvalue weighted by molar-refractivity contribution is -0.302. The maximum absolute atomic E-state index is 13.0. The van der Waals surface area contributed by atoms with Crippen molar-refractivity contribution in [1.29, 1.82) is 0 Å². The molecule has 0 aliphatic heterocycles. The number of thiophene rings is 1. The molecule has 20 heavy (non-hydrogen) atoms. The van der Waals surface area contributed by atoms with Crippen LogP contribution in [0.1, 0.15) is 31.6 Å². The lowest BCUT2D eigenvalue weighted by atomic mass is 10.1. The fourth-order valence-electron chi connectivity index (χ4n) is 1.79. The third kappa shape index (κ3) is 3.96. The first-order valence-corrected chi connectivity index (χ1v) is 7.16. The molecule has 1 aromatic carbocycles. The summed E-state index contributed by atoms with van der Waals surface area (Å²) in [4.78, 5) is 9.38. The molecule has 1 atom stereocenters. The van der Waals surface area contributed by atoms with E-state index in [1.807, 2.05) is 13.8 Å². The Bertz CT molecular complexity index is 596. The number of carboxylic acids is 1. The number of halogens is 3. The second-order valence-electron chi connectivity index (χ2n) is 4.48. The minimum Gasteiger partial charge on any atom is -0.550 e. The van der Waals surface area contributed by atoms with Crippen LogP contribution >= 0.6 is 10.5 Å². The molecule has 0 N–H and O–H groups in total. The molecule has 110 valence electrons. The Balaban J connectivity index is 0.000000444. The molecule has 6 heteroatoms. The highest BCUT2D eigenvalue weighted by molar-refractivity contribution is 7.38. The summed E-state index contributed by atoms with van der Waals surface area (Å²) in [5, 5.41) is 9.60. The van der Waals surface area contributed by atoms with Crippen LogP contribution in [0.15, 0.2) is 30.3 Å². The zero-order valence-electron chi connectivity index (χ0n) is 11.3. The molecule has 1 unspecified atom stereocenters. The Hall–Kier alpha value is -1.56. The number of benzene rings is 1. The number of carboxylic acid groups (broad SMARTS) is 1. The Morgan fingerprint density at radius 3 is 2.20 bits per heavy atom. The molecule has 2 rings (SSSR count). The molecule has 0 amide bonds. The molecule has 0 aliphatic rings. The molecule has 0 saturated heterocycles. The van der Waals surface area contributed by atoms with Crippen LogP contribution in [0.25, 0.3) is 10.1 Å². The first-order valence-electron chi connectivity index (χ1n) is 5.94. The van der Waals surface area contributed by atoms with Gasteiger partial charge in [0.05, 0.1) is 10.5 Å². The number of rotatable bonds is 1. The molecule has 2 aromatic rings. The summed E-state index contributed by atoms with van der Waals surface area (Å²) >= 11 is 0. The van der Waals surface area contributed by atoms with Crippen molar-refractivity contribution in [2.75, 3.05) is 0 Å². The third-order valence-electron chi connectivity index (χ3n) is 2.47. The smallest absolute Gasteiger partial charge is 0.550 e. The van der Waals surface area contributed by atoms with Crippen LogP contribution in [0.4, 0.5) is 13.2 Å². The quantitative estimate of drug-likeness (QED) is 0.749. The molecule has 0 bridgehead atoms. The number of hydrogen-bond acceptors (Lipinski definition) is 2. The molecule has 2 nitrogen and oxygen atoms in total. The van der Waals surface area contributed by atoms with Crippen molar-refractivity contribution < 1.29 is 23.1 Å². The monoisotopic (exact) mass is 304 g/mol. The molecule has 0 fully saturated rings. The Labute approximate surface area is 117 Å². The van der Waals surface area contributed by atoms with Gasteiger partial charge in [0.25, 0.3) is 0 Å². The molecule has 1 aromatic heterocycles. The summed E-state index contributed by atoms with van der Waals surface area (Å²) in [6, 6.07) is 8.46. The highest BCUT2D eigenvalue weighted by atomic mass is 32.2. The Morgan fingerprint density at radius 1 is 1.25 bits per heavy atom. The van der Waals surface area contributed by atoms with E-state index in [0.29, 0.717) is 15.0 Å². The summed E-state index contributed by atoms with van der Waals surface area (Å²) in [6.45, 7) is 4.59. The van der Waals surface area contributed by atoms with Crippen LogP contribution in [0.3, 0.4) is 0 Å². The zero-order valence-corrected chi connectivity index (χ0v) is 12.1. The van der Waals surface area contributed by atoms with Crippen molar-refractivity contribution in [3.05, 3.63) is 35.2 Å². The number of fused-ring (bicyclic) bond motifs is 1. The van der Waals surface area contributed by atoms with E-state index in [9.17, 15) is 13.2 Å². The van der Waals surface area contributed by atoms with Crippen LogP contribution in [-0.2, 0) is 10.3 Å². The maximum atomic E-state index is 13.0. The summed E-state index contributed by atoms with van der Waals surface area (Å²) in [6.07, 6.45) is 0. The highest BCUT2D eigenvalue weighted by Gasteiger charge is 2.48. The molecular formula is C14H15F3O2S. The van der Waals surface area contributed by atoms with Gasteiger partial charge in [-0.1, -0.05) is 26.0 Å². The summed E-state index contributed by atoms with van der Waals surface area (Å²) in [7, 11) is -1.73. The topological polar surface area (TPSA) is 40.1 Å². The van der Waals surface area contributed by atoms with Gasteiger partial charge in [0.1, 0.15) is 0 Å². The van der Waals surface area contributed by atoms with E-state index in [2.05, 4.69) is 0 Å². The van der Waals surface area contributed by atoms with E-state index in [1.165, 1.54) is 0 Å². The Morgan fingerprint density at radius 2 is 1.75 bits per heavy atom. The normalized spacial score (nSPS) is 12.2. The summed E-state index contributed by atoms with van der Waals surface area (Å²) in [5.74, 6) is -1.16. The van der Waals surface area contributed by atoms with Gasteiger partial charge in [-0.2, -0.15) is 0 Å². The molecular weight excluding hydrogens is 289 g/mol. The van der Waals surface area contributed by atoms with Gasteiger partial charge < -0.3 is 9.90 Å². The molecule has 0 spiro atoms. The van der Waals surface area contributed by atoms with E-state index in [0.717, 1.165) is 6.92 Å². The largest absolute Gasteiger partial charge is 0.600 e. The predicted molar refractivity (Wildman–Crippen MR) is 72.5 cm³/mol. The third-order valence-corrected chi connectivity index (χ3v) is 4.81. The van der Waals surface area contributed by atoms with Crippen molar-refractivity contribution in [3.8, 4) is 0 Å². The average Bonchev–Trinajstić information content (AvgIpc) is 2.66. The summed E-state index contributed by atoms with van der Waals surface area (Å²) in [5.41, 5.74) is -4.16. The number of aliphatic carboxylic acids is 1. The van der Waals surface area contributed by atoms with Crippen LogP contribution in [0, 0.1) is 0 Å². The van der Waals surface area contributed by atoms with Gasteiger partial charge in [-0.3, -0.25) is 0 Å². The SMILES string of the molecule is CC(=O)[O-].CC(C)c1cc2ccccc2[s+]1C(F)(F)F. The lowest BCUT2D eigenvalue weighted by Gasteiger charge is -2.01. The van der Waals surface area contributed by atoms with Gasteiger partial charge >= 0.3 is 5.51 Å². The van der Waals surface area contributed by atoms with E-state index in [1.54, 1.807) is 30.3 Å². The maximum Gasteiger partial charge on any atom is 0.600 e. The first kappa shape index (κ1) is 16.5. The van der Waals surface area contributed by atoms with Gasteiger partial charge in [0.2, 0.25) is 0 Å². The fraction of sp³-hybridized carbons (Fsp3) is 0.357. The lowest BCUT2D eigenvalue weighted by Crippen LogP contribution is -2.16. The van der Waals surface area contributed by atoms with Crippen molar-refractivity contribution in [2.45, 2.75) is 32.2 Å². The van der Waals surface area contributed by atoms with Crippen molar-refractivity contribution in [2.24, 2.45) is 0 Å². The fourth-order valence-corrected chi connectivity index (χ4v) is 3.85. The van der Waals surface area contributed by atoms with E-state index < -0.39 is 21.9 Å². The van der Waals surface area contributed by atoms with E-state index in [4.69, 9.17) is 9.90 Å². The van der Waals surface area contributed by atoms with Crippen molar-refractivity contribution in [1.82, 2.24) is 0 Å². The van der Waals surface area contributed by atoms with Gasteiger partial charge in [0.15, 0.2) is 9.58 Å². The van der Waals surface area contributed by atoms with Crippen LogP contribution in [0.5, 0.6) is 0 Å². The number of alkyl halides is 3. The minimum absolute atomic E-state index is 0.0719. The predicted octanol–water partition coefficient (Wildman–Crippen LogP) is 3.94. The number of carbonyl (C=O) groups excluding carboxylic acids is 1. The van der Waals surface area contributed by atoms with Gasteiger partial charge in [-0.15, -0.1) is 13.2 Å². The molecule has 0 aliphatic carbocycles. The van der Waals surface area contributed by atoms with Crippen LogP contribution in [-0.4, -0.2) is 5.97 Å². The van der Waals surface area contributed by atoms with Gasteiger partial charge in [-0.25, -0.2) is 0 Å². The average molecular weight is 304 g/mol. The Kier molecular flexibility index (Phi) is 5.16. The van der Waals surface area contributed by atoms with Gasteiger partial charge in [0, 0.05) is 23.3 Å². The van der Waals surface area contributed by atoms with Crippen LogP contribution < -0.4 is 5.11 Å². The molecule has 1 heterocycles. The number of carbonyl (C=O) groups is 1.